The minimum Gasteiger partial charge on any atom is -0.599 e. The van der Waals surface area contributed by atoms with Crippen molar-refractivity contribution in [2.75, 3.05) is 39.5 Å². The number of carbonyl (C=O) groups excluding carboxylic acids is 2. The third kappa shape index (κ3) is 17.2. The molecule has 20 nitrogen and oxygen atoms in total. The zero-order valence-electron chi connectivity index (χ0n) is 50.2. The fourth-order valence-electron chi connectivity index (χ4n) is 10.3. The van der Waals surface area contributed by atoms with E-state index in [-0.39, 0.29) is 31.7 Å². The maximum atomic E-state index is 12.9. The number of nitrogens with one attached hydrogen (secondary N) is 3. The molecule has 0 heterocycles. The van der Waals surface area contributed by atoms with Gasteiger partial charge in [-0.3, -0.25) is 29.4 Å². The quantitative estimate of drug-likeness (QED) is 0.0200. The molecule has 464 valence electrons. The van der Waals surface area contributed by atoms with Crippen molar-refractivity contribution in [2.24, 2.45) is 15.0 Å². The highest BCUT2D eigenvalue weighted by atomic mass is 16.7. The zero-order chi connectivity index (χ0) is 63.7. The number of aliphatic imine (C=N–C) groups is 3. The molecule has 3 atom stereocenters. The molecular formula is C69H71N6O14-3. The molecule has 0 saturated carbocycles. The third-order valence-electron chi connectivity index (χ3n) is 14.4. The maximum absolute atomic E-state index is 12.9. The summed E-state index contributed by atoms with van der Waals surface area (Å²) in [5.41, 5.74) is 11.7. The highest BCUT2D eigenvalue weighted by Crippen LogP contribution is 2.46. The van der Waals surface area contributed by atoms with Crippen LogP contribution in [0.1, 0.15) is 92.3 Å². The fourth-order valence-corrected chi connectivity index (χ4v) is 10.3. The highest BCUT2D eigenvalue weighted by molar-refractivity contribution is 5.86. The molecule has 20 heteroatoms. The van der Waals surface area contributed by atoms with Crippen molar-refractivity contribution in [1.29, 1.82) is 0 Å². The van der Waals surface area contributed by atoms with Gasteiger partial charge in [0.05, 0.1) is 25.3 Å². The Morgan fingerprint density at radius 3 is 1.18 bits per heavy atom. The first-order valence-corrected chi connectivity index (χ1v) is 28.9. The summed E-state index contributed by atoms with van der Waals surface area (Å²) in [6, 6.07) is 56.1. The second-order valence-electron chi connectivity index (χ2n) is 22.9. The average molecular weight is 1210 g/mol. The molecule has 2 aliphatic carbocycles. The molecule has 2 amide bonds. The molecule has 5 N–H and O–H groups in total. The standard InChI is InChI=1S/C39H35N3O6.C30H39N3O8/c43-36(26-48-42-39(27-14-4-1-5-15-27,28-16-6-2-7-17-28)29-18-8-3-9-19-29)40-24-35(37(44)45)41-38(46)47-25-34-32-22-12-10-20-30(32)31-21-11-13-23-33(31)34;1-29(2,3)40-17-24(33-28(38)41-30(4,5)6)25(34)31-15-23(26(35)36)32-27(37)39-16-22-20-13-9-7-11-18(20)19-12-8-10-14-21(19)22/h1-23,34-35,42H,24-26H2,(H,40,43)(H,41,46)(H,44,45);7-14,22-24H,15-17H2,1-6H3,(H,31,34)(H,32,37)(H,33,38)(H,35,36)/p-3/t35-;23-,24-/m00/s1. The summed E-state index contributed by atoms with van der Waals surface area (Å²) in [4.78, 5) is 66.5. The fraction of sp³-hybridized carbons (Fsp3) is 0.290. The number of fused-ring (bicyclic) bond motifs is 6. The Labute approximate surface area is 516 Å². The van der Waals surface area contributed by atoms with Crippen LogP contribution in [-0.2, 0) is 48.5 Å². The predicted molar refractivity (Wildman–Crippen MR) is 329 cm³/mol. The van der Waals surface area contributed by atoms with Crippen LogP contribution in [-0.4, -0.2) is 121 Å². The van der Waals surface area contributed by atoms with Gasteiger partial charge < -0.3 is 55.1 Å². The highest BCUT2D eigenvalue weighted by Gasteiger charge is 2.37. The Balaban J connectivity index is 0.000000233. The van der Waals surface area contributed by atoms with Gasteiger partial charge in [0, 0.05) is 30.7 Å². The zero-order valence-corrected chi connectivity index (χ0v) is 50.2. The predicted octanol–water partition coefficient (Wildman–Crippen LogP) is 6.43. The van der Waals surface area contributed by atoms with Crippen LogP contribution in [0.25, 0.3) is 22.3 Å². The molecule has 0 saturated heterocycles. The van der Waals surface area contributed by atoms with E-state index in [1.54, 1.807) is 41.5 Å². The molecule has 89 heavy (non-hydrogen) atoms. The second-order valence-corrected chi connectivity index (χ2v) is 22.9. The first-order valence-electron chi connectivity index (χ1n) is 28.9. The van der Waals surface area contributed by atoms with Gasteiger partial charge in [-0.05, 0) is 82.0 Å². The number of carboxylic acids is 2. The molecule has 0 unspecified atom stereocenters. The molecule has 0 fully saturated rings. The SMILES string of the molecule is CC(C)(C)OC[C@H](N=C([O-])OC(C)(C)C)C(=O)NC[C@H](N=C([O-])OCC1c2ccccc2-c2ccccc21)C(=O)O.O=C(CONC(c1ccccc1)(c1ccccc1)c1ccccc1)NC[C@H](N=C([O-])OCC1c2ccccc2-c2ccccc21)C(=O)O. The normalized spacial score (nSPS) is 14.3. The van der Waals surface area contributed by atoms with Crippen LogP contribution < -0.4 is 31.4 Å². The summed E-state index contributed by atoms with van der Waals surface area (Å²) in [5.74, 6) is -4.61. The van der Waals surface area contributed by atoms with Crippen LogP contribution in [0.5, 0.6) is 0 Å². The number of amides is 2. The van der Waals surface area contributed by atoms with Crippen LogP contribution in [0.2, 0.25) is 0 Å². The van der Waals surface area contributed by atoms with Crippen molar-refractivity contribution in [3.8, 4) is 22.3 Å². The number of aliphatic carboxylic acids is 2. The third-order valence-corrected chi connectivity index (χ3v) is 14.4. The van der Waals surface area contributed by atoms with Gasteiger partial charge in [-0.2, -0.15) is 5.48 Å². The summed E-state index contributed by atoms with van der Waals surface area (Å²) in [6.07, 6.45) is -3.05. The van der Waals surface area contributed by atoms with Gasteiger partial charge >= 0.3 is 11.9 Å². The molecule has 7 aromatic carbocycles. The molecule has 9 rings (SSSR count). The van der Waals surface area contributed by atoms with Gasteiger partial charge in [0.2, 0.25) is 11.8 Å². The number of nitrogens with zero attached hydrogens (tertiary/aromatic N) is 3. The van der Waals surface area contributed by atoms with Crippen LogP contribution >= 0.6 is 0 Å². The van der Waals surface area contributed by atoms with Crippen molar-refractivity contribution in [3.63, 3.8) is 0 Å². The van der Waals surface area contributed by atoms with Crippen molar-refractivity contribution in [3.05, 3.63) is 227 Å². The number of carboxylic acid groups (broad SMARTS) is 2. The molecule has 2 aliphatic rings. The lowest BCUT2D eigenvalue weighted by molar-refractivity contribution is -0.261. The van der Waals surface area contributed by atoms with Crippen molar-refractivity contribution < 1.29 is 68.5 Å². The van der Waals surface area contributed by atoms with Gasteiger partial charge in [0.25, 0.3) is 0 Å². The van der Waals surface area contributed by atoms with E-state index in [0.29, 0.717) is 0 Å². The number of ether oxygens (including phenoxy) is 4. The van der Waals surface area contributed by atoms with Crippen LogP contribution in [0.3, 0.4) is 0 Å². The van der Waals surface area contributed by atoms with Gasteiger partial charge in [0.1, 0.15) is 30.4 Å². The first kappa shape index (κ1) is 65.1. The summed E-state index contributed by atoms with van der Waals surface area (Å²) >= 11 is 0. The lowest BCUT2D eigenvalue weighted by Crippen LogP contribution is -2.46. The number of benzene rings is 7. The molecular weight excluding hydrogens is 1140 g/mol. The second kappa shape index (κ2) is 29.7. The van der Waals surface area contributed by atoms with Gasteiger partial charge in [-0.25, -0.2) is 9.59 Å². The number of hydrogen-bond acceptors (Lipinski definition) is 16. The molecule has 0 radical (unpaired) electrons. The van der Waals surface area contributed by atoms with Crippen molar-refractivity contribution in [1.82, 2.24) is 16.1 Å². The Kier molecular flexibility index (Phi) is 21.7. The average Bonchev–Trinajstić information content (AvgIpc) is 1.82. The molecule has 0 spiro atoms. The smallest absolute Gasteiger partial charge is 0.330 e. The van der Waals surface area contributed by atoms with E-state index in [1.807, 2.05) is 188 Å². The summed E-state index contributed by atoms with van der Waals surface area (Å²) in [5, 5.41) is 61.7. The van der Waals surface area contributed by atoms with E-state index < -0.39 is 96.6 Å². The minimum atomic E-state index is -1.62. The largest absolute Gasteiger partial charge is 0.599 e. The van der Waals surface area contributed by atoms with E-state index in [9.17, 15) is 44.7 Å². The number of hydrogen-bond donors (Lipinski definition) is 5. The Hall–Kier alpha value is -9.89. The number of hydroxylamine groups is 1. The number of rotatable bonds is 23. The lowest BCUT2D eigenvalue weighted by atomic mass is 9.78. The van der Waals surface area contributed by atoms with E-state index in [1.165, 1.54) is 0 Å². The lowest BCUT2D eigenvalue weighted by Gasteiger charge is -2.36. The summed E-state index contributed by atoms with van der Waals surface area (Å²) in [6.45, 7) is 8.58. The first-order chi connectivity index (χ1) is 42.6. The monoisotopic (exact) mass is 1210 g/mol. The van der Waals surface area contributed by atoms with Gasteiger partial charge in [-0.1, -0.05) is 209 Å². The van der Waals surface area contributed by atoms with E-state index >= 15 is 0 Å². The topological polar surface area (TPSA) is 297 Å². The molecule has 7 aromatic rings. The van der Waals surface area contributed by atoms with E-state index in [4.69, 9.17) is 23.8 Å². The van der Waals surface area contributed by atoms with Gasteiger partial charge in [-0.15, -0.1) is 0 Å². The molecule has 0 aromatic heterocycles. The van der Waals surface area contributed by atoms with Crippen LogP contribution in [0.15, 0.2) is 203 Å². The van der Waals surface area contributed by atoms with E-state index in [0.717, 1.165) is 61.2 Å². The van der Waals surface area contributed by atoms with E-state index in [2.05, 4.69) is 31.1 Å². The summed E-state index contributed by atoms with van der Waals surface area (Å²) < 4.78 is 21.6. The van der Waals surface area contributed by atoms with Crippen molar-refractivity contribution in [2.45, 2.75) is 88.2 Å². The minimum absolute atomic E-state index is 0.000556. The Morgan fingerprint density at radius 1 is 0.472 bits per heavy atom. The Morgan fingerprint density at radius 2 is 0.820 bits per heavy atom. The number of carbonyl (C=O) groups is 4. The molecule has 0 bridgehead atoms. The van der Waals surface area contributed by atoms with Crippen molar-refractivity contribution >= 4 is 42.0 Å². The van der Waals surface area contributed by atoms with Gasteiger partial charge in [0.15, 0.2) is 18.1 Å². The Bertz CT molecular complexity index is 3460. The maximum Gasteiger partial charge on any atom is 0.330 e. The van der Waals surface area contributed by atoms with Crippen LogP contribution in [0, 0.1) is 0 Å². The van der Waals surface area contributed by atoms with Crippen LogP contribution in [0.4, 0.5) is 0 Å². The molecule has 0 aliphatic heterocycles. The summed E-state index contributed by atoms with van der Waals surface area (Å²) in [7, 11) is 0.